The fourth-order valence-corrected chi connectivity index (χ4v) is 4.36. The zero-order chi connectivity index (χ0) is 14.2. The van der Waals surface area contributed by atoms with Crippen LogP contribution in [0.2, 0.25) is 0 Å². The van der Waals surface area contributed by atoms with Crippen LogP contribution in [0.1, 0.15) is 20.2 Å². The SMILES string of the molecule is O=C(Nc1nc2c(s1)CNCC2)c1cc2ccccc2s1. The molecule has 0 fully saturated rings. The zero-order valence-electron chi connectivity index (χ0n) is 11.2. The van der Waals surface area contributed by atoms with Gasteiger partial charge < -0.3 is 5.32 Å². The van der Waals surface area contributed by atoms with Crippen molar-refractivity contribution in [3.05, 3.63) is 45.8 Å². The number of fused-ring (bicyclic) bond motifs is 2. The van der Waals surface area contributed by atoms with Gasteiger partial charge in [0.1, 0.15) is 0 Å². The van der Waals surface area contributed by atoms with Gasteiger partial charge in [-0.1, -0.05) is 18.2 Å². The molecule has 2 aromatic heterocycles. The van der Waals surface area contributed by atoms with Gasteiger partial charge in [-0.2, -0.15) is 0 Å². The highest BCUT2D eigenvalue weighted by molar-refractivity contribution is 7.21. The number of aromatic nitrogens is 1. The lowest BCUT2D eigenvalue weighted by Gasteiger charge is -2.09. The number of nitrogens with zero attached hydrogens (tertiary/aromatic N) is 1. The van der Waals surface area contributed by atoms with E-state index in [1.807, 2.05) is 30.3 Å². The van der Waals surface area contributed by atoms with Crippen LogP contribution in [0.3, 0.4) is 0 Å². The van der Waals surface area contributed by atoms with Gasteiger partial charge in [0.05, 0.1) is 10.6 Å². The highest BCUT2D eigenvalue weighted by Gasteiger charge is 2.17. The summed E-state index contributed by atoms with van der Waals surface area (Å²) in [5.41, 5.74) is 1.12. The molecule has 0 saturated carbocycles. The average molecular weight is 315 g/mol. The maximum absolute atomic E-state index is 12.3. The predicted molar refractivity (Wildman–Crippen MR) is 87.3 cm³/mol. The molecule has 0 radical (unpaired) electrons. The van der Waals surface area contributed by atoms with Crippen LogP contribution in [-0.2, 0) is 13.0 Å². The van der Waals surface area contributed by atoms with Crippen molar-refractivity contribution in [2.75, 3.05) is 11.9 Å². The first kappa shape index (κ1) is 12.9. The molecule has 3 aromatic rings. The second kappa shape index (κ2) is 5.22. The van der Waals surface area contributed by atoms with Crippen molar-refractivity contribution in [3.63, 3.8) is 0 Å². The van der Waals surface area contributed by atoms with Gasteiger partial charge in [0.25, 0.3) is 5.91 Å². The lowest BCUT2D eigenvalue weighted by Crippen LogP contribution is -2.22. The summed E-state index contributed by atoms with van der Waals surface area (Å²) in [4.78, 5) is 18.8. The number of benzene rings is 1. The molecular formula is C15H13N3OS2. The Morgan fingerprint density at radius 1 is 1.29 bits per heavy atom. The lowest BCUT2D eigenvalue weighted by molar-refractivity contribution is 0.103. The molecule has 0 atom stereocenters. The first-order valence-corrected chi connectivity index (χ1v) is 8.42. The Morgan fingerprint density at radius 2 is 2.19 bits per heavy atom. The van der Waals surface area contributed by atoms with Gasteiger partial charge in [0.2, 0.25) is 0 Å². The summed E-state index contributed by atoms with van der Waals surface area (Å²) >= 11 is 3.08. The number of carbonyl (C=O) groups is 1. The fourth-order valence-electron chi connectivity index (χ4n) is 2.43. The second-order valence-electron chi connectivity index (χ2n) is 4.92. The van der Waals surface area contributed by atoms with Crippen molar-refractivity contribution in [3.8, 4) is 0 Å². The predicted octanol–water partition coefficient (Wildman–Crippen LogP) is 3.26. The first-order chi connectivity index (χ1) is 10.3. The number of thiophene rings is 1. The fraction of sp³-hybridized carbons (Fsp3) is 0.200. The quantitative estimate of drug-likeness (QED) is 0.763. The van der Waals surface area contributed by atoms with Crippen molar-refractivity contribution in [2.24, 2.45) is 0 Å². The number of amides is 1. The molecule has 1 aromatic carbocycles. The minimum Gasteiger partial charge on any atom is -0.311 e. The smallest absolute Gasteiger partial charge is 0.267 e. The maximum Gasteiger partial charge on any atom is 0.267 e. The van der Waals surface area contributed by atoms with Gasteiger partial charge >= 0.3 is 0 Å². The third kappa shape index (κ3) is 2.46. The molecule has 6 heteroatoms. The maximum atomic E-state index is 12.3. The minimum absolute atomic E-state index is 0.0738. The van der Waals surface area contributed by atoms with Gasteiger partial charge in [0, 0.05) is 29.1 Å². The van der Waals surface area contributed by atoms with Crippen LogP contribution in [0.25, 0.3) is 10.1 Å². The van der Waals surface area contributed by atoms with Crippen LogP contribution >= 0.6 is 22.7 Å². The highest BCUT2D eigenvalue weighted by atomic mass is 32.1. The topological polar surface area (TPSA) is 54.0 Å². The number of carbonyl (C=O) groups excluding carboxylic acids is 1. The van der Waals surface area contributed by atoms with E-state index >= 15 is 0 Å². The number of hydrogen-bond acceptors (Lipinski definition) is 5. The Bertz CT molecular complexity index is 765. The molecule has 1 amide bonds. The number of rotatable bonds is 2. The van der Waals surface area contributed by atoms with Gasteiger partial charge in [-0.3, -0.25) is 10.1 Å². The summed E-state index contributed by atoms with van der Waals surface area (Å²) < 4.78 is 1.13. The van der Waals surface area contributed by atoms with Crippen molar-refractivity contribution in [2.45, 2.75) is 13.0 Å². The molecule has 0 aliphatic carbocycles. The van der Waals surface area contributed by atoms with Gasteiger partial charge in [-0.05, 0) is 17.5 Å². The summed E-state index contributed by atoms with van der Waals surface area (Å²) in [5, 5.41) is 8.05. The Kier molecular flexibility index (Phi) is 3.21. The van der Waals surface area contributed by atoms with E-state index in [1.54, 1.807) is 11.3 Å². The van der Waals surface area contributed by atoms with E-state index in [9.17, 15) is 4.79 Å². The Hall–Kier alpha value is -1.76. The van der Waals surface area contributed by atoms with E-state index in [-0.39, 0.29) is 5.91 Å². The zero-order valence-corrected chi connectivity index (χ0v) is 12.8. The number of anilines is 1. The van der Waals surface area contributed by atoms with Crippen LogP contribution < -0.4 is 10.6 Å². The third-order valence-electron chi connectivity index (χ3n) is 3.47. The summed E-state index contributed by atoms with van der Waals surface area (Å²) in [6.45, 7) is 1.81. The van der Waals surface area contributed by atoms with Crippen LogP contribution in [-0.4, -0.2) is 17.4 Å². The number of thiazole rings is 1. The summed E-state index contributed by atoms with van der Waals surface area (Å²) in [5.74, 6) is -0.0738. The molecule has 0 bridgehead atoms. The lowest BCUT2D eigenvalue weighted by atomic mass is 10.2. The van der Waals surface area contributed by atoms with Crippen LogP contribution in [0.5, 0.6) is 0 Å². The summed E-state index contributed by atoms with van der Waals surface area (Å²) in [6.07, 6.45) is 0.935. The molecule has 0 unspecified atom stereocenters. The van der Waals surface area contributed by atoms with E-state index in [0.717, 1.165) is 40.2 Å². The average Bonchev–Trinajstić information content (AvgIpc) is 3.10. The molecule has 4 nitrogen and oxygen atoms in total. The van der Waals surface area contributed by atoms with Crippen molar-refractivity contribution < 1.29 is 4.79 Å². The molecule has 21 heavy (non-hydrogen) atoms. The van der Waals surface area contributed by atoms with Gasteiger partial charge in [-0.25, -0.2) is 4.98 Å². The van der Waals surface area contributed by atoms with Crippen molar-refractivity contribution in [1.82, 2.24) is 10.3 Å². The standard InChI is InChI=1S/C15H13N3OS2/c19-14(12-7-9-3-1-2-4-11(9)20-12)18-15-17-10-5-6-16-8-13(10)21-15/h1-4,7,16H,5-6,8H2,(H,17,18,19). The molecule has 0 saturated heterocycles. The number of hydrogen-bond donors (Lipinski definition) is 2. The normalized spacial score (nSPS) is 14.1. The van der Waals surface area contributed by atoms with Gasteiger partial charge in [-0.15, -0.1) is 22.7 Å². The van der Waals surface area contributed by atoms with Crippen LogP contribution in [0.15, 0.2) is 30.3 Å². The Labute approximate surface area is 129 Å². The molecule has 3 heterocycles. The molecule has 2 N–H and O–H groups in total. The molecule has 106 valence electrons. The van der Waals surface area contributed by atoms with E-state index in [4.69, 9.17) is 0 Å². The highest BCUT2D eigenvalue weighted by Crippen LogP contribution is 2.28. The van der Waals surface area contributed by atoms with Crippen molar-refractivity contribution in [1.29, 1.82) is 0 Å². The second-order valence-corrected chi connectivity index (χ2v) is 7.09. The Balaban J connectivity index is 1.58. The third-order valence-corrected chi connectivity index (χ3v) is 5.60. The van der Waals surface area contributed by atoms with Crippen LogP contribution in [0.4, 0.5) is 5.13 Å². The van der Waals surface area contributed by atoms with Crippen molar-refractivity contribution >= 4 is 43.8 Å². The number of nitrogens with one attached hydrogen (secondary N) is 2. The summed E-state index contributed by atoms with van der Waals surface area (Å²) in [7, 11) is 0. The Morgan fingerprint density at radius 3 is 3.05 bits per heavy atom. The van der Waals surface area contributed by atoms with E-state index in [2.05, 4.69) is 15.6 Å². The molecule has 0 spiro atoms. The monoisotopic (exact) mass is 315 g/mol. The molecule has 1 aliphatic rings. The van der Waals surface area contributed by atoms with E-state index in [0.29, 0.717) is 5.13 Å². The van der Waals surface area contributed by atoms with Gasteiger partial charge in [0.15, 0.2) is 5.13 Å². The first-order valence-electron chi connectivity index (χ1n) is 6.79. The van der Waals surface area contributed by atoms with E-state index < -0.39 is 0 Å². The molecule has 1 aliphatic heterocycles. The molecule has 4 rings (SSSR count). The van der Waals surface area contributed by atoms with E-state index in [1.165, 1.54) is 16.2 Å². The summed E-state index contributed by atoms with van der Waals surface area (Å²) in [6, 6.07) is 9.96. The molecular weight excluding hydrogens is 302 g/mol. The largest absolute Gasteiger partial charge is 0.311 e. The van der Waals surface area contributed by atoms with Crippen LogP contribution in [0, 0.1) is 0 Å². The minimum atomic E-state index is -0.0738.